The Bertz CT molecular complexity index is 610. The summed E-state index contributed by atoms with van der Waals surface area (Å²) >= 11 is 0. The number of benzene rings is 1. The molecule has 22 heavy (non-hydrogen) atoms. The first-order chi connectivity index (χ1) is 10.5. The summed E-state index contributed by atoms with van der Waals surface area (Å²) in [5.74, 6) is -0.415. The maximum absolute atomic E-state index is 12.4. The molecule has 6 heteroatoms. The van der Waals surface area contributed by atoms with E-state index < -0.39 is 17.4 Å². The molecule has 0 bridgehead atoms. The molecule has 1 aromatic rings. The number of nitrogens with one attached hydrogen (secondary N) is 2. The minimum Gasteiger partial charge on any atom is -0.466 e. The van der Waals surface area contributed by atoms with Crippen molar-refractivity contribution in [2.75, 3.05) is 18.5 Å². The van der Waals surface area contributed by atoms with Crippen LogP contribution < -0.4 is 15.4 Å². The number of rotatable bonds is 3. The Hall–Kier alpha value is -2.08. The molecule has 2 heterocycles. The molecule has 6 nitrogen and oxygen atoms in total. The van der Waals surface area contributed by atoms with E-state index in [9.17, 15) is 9.59 Å². The fourth-order valence-electron chi connectivity index (χ4n) is 2.67. The van der Waals surface area contributed by atoms with Crippen LogP contribution in [0.2, 0.25) is 0 Å². The zero-order chi connectivity index (χ0) is 15.7. The molecule has 1 saturated heterocycles. The molecule has 2 amide bonds. The molecule has 2 aliphatic rings. The van der Waals surface area contributed by atoms with Crippen LogP contribution >= 0.6 is 0 Å². The first kappa shape index (κ1) is 14.8. The molecule has 0 aromatic heterocycles. The van der Waals surface area contributed by atoms with Crippen molar-refractivity contribution in [3.8, 4) is 5.75 Å². The summed E-state index contributed by atoms with van der Waals surface area (Å²) in [4.78, 5) is 24.7. The van der Waals surface area contributed by atoms with Gasteiger partial charge in [-0.05, 0) is 44.4 Å². The third-order valence-electron chi connectivity index (χ3n) is 4.08. The summed E-state index contributed by atoms with van der Waals surface area (Å²) in [5.41, 5.74) is 0.0319. The quantitative estimate of drug-likeness (QED) is 0.827. The molecule has 2 N–H and O–H groups in total. The molecule has 0 spiro atoms. The van der Waals surface area contributed by atoms with E-state index >= 15 is 0 Å². The molecule has 1 aromatic carbocycles. The number of hydrogen-bond acceptors (Lipinski definition) is 4. The van der Waals surface area contributed by atoms with Gasteiger partial charge in [0.2, 0.25) is 0 Å². The van der Waals surface area contributed by atoms with Crippen molar-refractivity contribution in [3.63, 3.8) is 0 Å². The van der Waals surface area contributed by atoms with Crippen molar-refractivity contribution >= 4 is 17.5 Å². The summed E-state index contributed by atoms with van der Waals surface area (Å²) in [6, 6.07) is 5.45. The predicted octanol–water partition coefficient (Wildman–Crippen LogP) is 1.38. The number of carbonyl (C=O) groups is 2. The van der Waals surface area contributed by atoms with Crippen molar-refractivity contribution in [3.05, 3.63) is 23.8 Å². The van der Waals surface area contributed by atoms with Crippen LogP contribution in [0.5, 0.6) is 5.75 Å². The van der Waals surface area contributed by atoms with E-state index in [1.54, 1.807) is 6.07 Å². The van der Waals surface area contributed by atoms with Crippen molar-refractivity contribution in [2.24, 2.45) is 0 Å². The molecule has 1 fully saturated rings. The summed E-state index contributed by atoms with van der Waals surface area (Å²) in [5, 5.41) is 5.50. The van der Waals surface area contributed by atoms with E-state index in [1.165, 1.54) is 6.92 Å². The van der Waals surface area contributed by atoms with Crippen molar-refractivity contribution in [1.29, 1.82) is 0 Å². The molecule has 118 valence electrons. The lowest BCUT2D eigenvalue weighted by Crippen LogP contribution is -2.59. The van der Waals surface area contributed by atoms with Crippen LogP contribution in [0.1, 0.15) is 25.3 Å². The minimum atomic E-state index is -1.57. The number of aryl methyl sites for hydroxylation is 1. The minimum absolute atomic E-state index is 0.0223. The van der Waals surface area contributed by atoms with Gasteiger partial charge in [0.15, 0.2) is 0 Å². The Morgan fingerprint density at radius 3 is 3.05 bits per heavy atom. The fraction of sp³-hybridized carbons (Fsp3) is 0.500. The van der Waals surface area contributed by atoms with Gasteiger partial charge in [-0.25, -0.2) is 0 Å². The van der Waals surface area contributed by atoms with E-state index in [1.807, 2.05) is 19.1 Å². The number of fused-ring (bicyclic) bond motifs is 1. The molecular weight excluding hydrogens is 284 g/mol. The second kappa shape index (κ2) is 5.61. The van der Waals surface area contributed by atoms with Gasteiger partial charge in [-0.15, -0.1) is 0 Å². The number of ether oxygens (including phenoxy) is 2. The fourth-order valence-corrected chi connectivity index (χ4v) is 2.67. The highest BCUT2D eigenvalue weighted by molar-refractivity contribution is 6.15. The summed E-state index contributed by atoms with van der Waals surface area (Å²) in [6.45, 7) is 4.53. The molecule has 3 rings (SSSR count). The molecule has 0 aliphatic carbocycles. The van der Waals surface area contributed by atoms with Crippen LogP contribution in [0, 0.1) is 6.92 Å². The van der Waals surface area contributed by atoms with Crippen molar-refractivity contribution in [1.82, 2.24) is 5.32 Å². The van der Waals surface area contributed by atoms with Gasteiger partial charge in [0.05, 0.1) is 11.8 Å². The maximum atomic E-state index is 12.4. The Morgan fingerprint density at radius 2 is 2.32 bits per heavy atom. The van der Waals surface area contributed by atoms with Gasteiger partial charge in [-0.2, -0.15) is 0 Å². The van der Waals surface area contributed by atoms with E-state index in [-0.39, 0.29) is 6.10 Å². The third-order valence-corrected chi connectivity index (χ3v) is 4.08. The van der Waals surface area contributed by atoms with Crippen molar-refractivity contribution < 1.29 is 19.1 Å². The van der Waals surface area contributed by atoms with Crippen LogP contribution in [-0.2, 0) is 14.3 Å². The third kappa shape index (κ3) is 2.66. The molecular formula is C16H20N2O4. The zero-order valence-electron chi connectivity index (χ0n) is 12.8. The van der Waals surface area contributed by atoms with Crippen molar-refractivity contribution in [2.45, 2.75) is 38.4 Å². The lowest BCUT2D eigenvalue weighted by Gasteiger charge is -2.33. The van der Waals surface area contributed by atoms with Crippen LogP contribution in [0.25, 0.3) is 0 Å². The van der Waals surface area contributed by atoms with Gasteiger partial charge in [0.25, 0.3) is 17.4 Å². The Labute approximate surface area is 129 Å². The molecule has 2 aliphatic heterocycles. The highest BCUT2D eigenvalue weighted by Crippen LogP contribution is 2.34. The average Bonchev–Trinajstić information content (AvgIpc) is 2.99. The first-order valence-corrected chi connectivity index (χ1v) is 7.50. The SMILES string of the molecule is Cc1ccc2c(c1)NC(=O)[C@@](C)(C(=O)NC[C@H]1CCCO1)O2. The van der Waals surface area contributed by atoms with Crippen LogP contribution in [0.15, 0.2) is 18.2 Å². The molecule has 2 atom stereocenters. The van der Waals surface area contributed by atoms with Gasteiger partial charge in [-0.3, -0.25) is 9.59 Å². The molecule has 0 unspecified atom stereocenters. The first-order valence-electron chi connectivity index (χ1n) is 7.50. The highest BCUT2D eigenvalue weighted by Gasteiger charge is 2.47. The predicted molar refractivity (Wildman–Crippen MR) is 80.8 cm³/mol. The van der Waals surface area contributed by atoms with E-state index in [0.717, 1.165) is 25.0 Å². The number of carbonyl (C=O) groups excluding carboxylic acids is 2. The number of hydrogen-bond donors (Lipinski definition) is 2. The normalized spacial score (nSPS) is 26.8. The summed E-state index contributed by atoms with van der Waals surface area (Å²) in [6.07, 6.45) is 1.95. The lowest BCUT2D eigenvalue weighted by atomic mass is 10.0. The van der Waals surface area contributed by atoms with E-state index in [2.05, 4.69) is 10.6 Å². The van der Waals surface area contributed by atoms with Gasteiger partial charge in [0, 0.05) is 13.2 Å². The summed E-state index contributed by atoms with van der Waals surface area (Å²) < 4.78 is 11.2. The summed E-state index contributed by atoms with van der Waals surface area (Å²) in [7, 11) is 0. The standard InChI is InChI=1S/C16H20N2O4/c1-10-5-6-13-12(8-10)18-15(20)16(2,22-13)14(19)17-9-11-4-3-7-21-11/h5-6,8,11H,3-4,7,9H2,1-2H3,(H,17,19)(H,18,20)/t11-,16-/m1/s1. The van der Waals surface area contributed by atoms with E-state index in [0.29, 0.717) is 18.0 Å². The Balaban J connectivity index is 1.72. The Kier molecular flexibility index (Phi) is 3.78. The van der Waals surface area contributed by atoms with Gasteiger partial charge >= 0.3 is 0 Å². The monoisotopic (exact) mass is 304 g/mol. The molecule has 0 saturated carbocycles. The molecule has 0 radical (unpaired) electrons. The average molecular weight is 304 g/mol. The van der Waals surface area contributed by atoms with Crippen LogP contribution in [-0.4, -0.2) is 36.7 Å². The van der Waals surface area contributed by atoms with Crippen LogP contribution in [0.3, 0.4) is 0 Å². The topological polar surface area (TPSA) is 76.7 Å². The smallest absolute Gasteiger partial charge is 0.278 e. The second-order valence-corrected chi connectivity index (χ2v) is 5.93. The van der Waals surface area contributed by atoms with Gasteiger partial charge < -0.3 is 20.1 Å². The zero-order valence-corrected chi connectivity index (χ0v) is 12.8. The largest absolute Gasteiger partial charge is 0.466 e. The van der Waals surface area contributed by atoms with Gasteiger partial charge in [0.1, 0.15) is 5.75 Å². The van der Waals surface area contributed by atoms with Crippen LogP contribution in [0.4, 0.5) is 5.69 Å². The number of anilines is 1. The lowest BCUT2D eigenvalue weighted by molar-refractivity contribution is -0.147. The highest BCUT2D eigenvalue weighted by atomic mass is 16.5. The second-order valence-electron chi connectivity index (χ2n) is 5.93. The van der Waals surface area contributed by atoms with E-state index in [4.69, 9.17) is 9.47 Å². The van der Waals surface area contributed by atoms with Gasteiger partial charge in [-0.1, -0.05) is 6.07 Å². The maximum Gasteiger partial charge on any atom is 0.278 e. The number of amides is 2. The Morgan fingerprint density at radius 1 is 1.50 bits per heavy atom.